The molecule has 0 aromatic heterocycles. The van der Waals surface area contributed by atoms with Crippen LogP contribution in [0.15, 0.2) is 0 Å². The Hall–Kier alpha value is -1.37. The summed E-state index contributed by atoms with van der Waals surface area (Å²) >= 11 is 0. The molecule has 0 rings (SSSR count). The summed E-state index contributed by atoms with van der Waals surface area (Å²) in [6, 6.07) is 1.07. The Morgan fingerprint density at radius 1 is 1.86 bits per heavy atom. The summed E-state index contributed by atoms with van der Waals surface area (Å²) in [6.45, 7) is -0.0917. The Bertz CT molecular complexity index is 123. The number of rotatable bonds is 1. The van der Waals surface area contributed by atoms with Crippen LogP contribution in [0.3, 0.4) is 0 Å². The molecule has 0 unspecified atom stereocenters. The lowest BCUT2D eigenvalue weighted by atomic mass is 10.8. The van der Waals surface area contributed by atoms with E-state index >= 15 is 0 Å². The van der Waals surface area contributed by atoms with E-state index in [1.54, 1.807) is 0 Å². The van der Waals surface area contributed by atoms with Gasteiger partial charge in [0, 0.05) is 0 Å². The first-order valence-electron chi connectivity index (χ1n) is 1.35. The van der Waals surface area contributed by atoms with Gasteiger partial charge in [-0.3, -0.25) is 4.79 Å². The predicted octanol–water partition coefficient (Wildman–Crippen LogP) is -0.790. The van der Waals surface area contributed by atoms with Gasteiger partial charge in [-0.05, 0) is 0 Å². The van der Waals surface area contributed by atoms with Crippen molar-refractivity contribution in [2.45, 2.75) is 0 Å². The smallest absolute Gasteiger partial charge is 0.384 e. The fourth-order valence-corrected chi connectivity index (χ4v) is 0.0701. The highest BCUT2D eigenvalue weighted by molar-refractivity contribution is 5.89. The molecule has 0 N–H and O–H groups in total. The zero-order chi connectivity index (χ0) is 5.70. The molecule has 0 bridgehead atoms. The van der Waals surface area contributed by atoms with Crippen molar-refractivity contribution in [3.63, 3.8) is 0 Å². The van der Waals surface area contributed by atoms with E-state index in [0.717, 1.165) is 6.07 Å². The maximum Gasteiger partial charge on any atom is 0.418 e. The molecule has 0 aromatic rings. The first-order chi connectivity index (χ1) is 3.31. The second-order valence-electron chi connectivity index (χ2n) is 0.613. The van der Waals surface area contributed by atoms with Gasteiger partial charge in [-0.15, -0.1) is 0 Å². The lowest BCUT2D eigenvalue weighted by molar-refractivity contribution is -0.146. The molecule has 0 atom stereocenters. The monoisotopic (exact) mass is 99.0 g/mol. The Balaban J connectivity index is 3.43. The molecule has 0 saturated carbocycles. The summed E-state index contributed by atoms with van der Waals surface area (Å²) in [5, 5.41) is 7.58. The zero-order valence-electron chi connectivity index (χ0n) is 3.25. The van der Waals surface area contributed by atoms with Gasteiger partial charge in [-0.1, -0.05) is 0 Å². The molecule has 0 aliphatic rings. The molecule has 0 aliphatic heterocycles. The summed E-state index contributed by atoms with van der Waals surface area (Å²) in [5.41, 5.74) is 0. The largest absolute Gasteiger partial charge is 0.418 e. The standard InChI is InChI=1S/C3HNO3/c4-1-3(6)7-2-5/h2H. The summed E-state index contributed by atoms with van der Waals surface area (Å²) in [6.07, 6.45) is 0. The SMILES string of the molecule is N#CC(=O)OC=O. The lowest BCUT2D eigenvalue weighted by Crippen LogP contribution is -1.96. The van der Waals surface area contributed by atoms with E-state index in [4.69, 9.17) is 5.26 Å². The maximum absolute atomic E-state index is 9.60. The number of hydrogen-bond acceptors (Lipinski definition) is 4. The average molecular weight is 99.0 g/mol. The van der Waals surface area contributed by atoms with Crippen LogP contribution in [0.1, 0.15) is 0 Å². The minimum absolute atomic E-state index is 0.0917. The van der Waals surface area contributed by atoms with Crippen LogP contribution in [0.2, 0.25) is 0 Å². The van der Waals surface area contributed by atoms with E-state index in [1.165, 1.54) is 0 Å². The Kier molecular flexibility index (Phi) is 2.29. The molecule has 4 heteroatoms. The predicted molar refractivity (Wildman–Crippen MR) is 17.8 cm³/mol. The fourth-order valence-electron chi connectivity index (χ4n) is 0.0701. The number of ether oxygens (including phenoxy) is 1. The van der Waals surface area contributed by atoms with Gasteiger partial charge in [0.2, 0.25) is 0 Å². The lowest BCUT2D eigenvalue weighted by Gasteiger charge is -1.75. The van der Waals surface area contributed by atoms with Crippen molar-refractivity contribution >= 4 is 12.4 Å². The molecule has 0 amide bonds. The molecular weight excluding hydrogens is 98.0 g/mol. The van der Waals surface area contributed by atoms with Crippen LogP contribution in [-0.4, -0.2) is 12.4 Å². The Morgan fingerprint density at radius 3 is 2.57 bits per heavy atom. The number of nitriles is 1. The van der Waals surface area contributed by atoms with Gasteiger partial charge in [-0.25, -0.2) is 4.79 Å². The topological polar surface area (TPSA) is 67.2 Å². The normalized spacial score (nSPS) is 6.14. The number of esters is 1. The third-order valence-corrected chi connectivity index (χ3v) is 0.246. The number of carbonyl (C=O) groups excluding carboxylic acids is 2. The van der Waals surface area contributed by atoms with Gasteiger partial charge in [0.05, 0.1) is 0 Å². The molecule has 7 heavy (non-hydrogen) atoms. The van der Waals surface area contributed by atoms with Crippen LogP contribution in [0.4, 0.5) is 0 Å². The molecule has 0 saturated heterocycles. The van der Waals surface area contributed by atoms with Gasteiger partial charge in [0.25, 0.3) is 0 Å². The third kappa shape index (κ3) is 2.43. The van der Waals surface area contributed by atoms with Crippen LogP contribution < -0.4 is 0 Å². The van der Waals surface area contributed by atoms with Crippen molar-refractivity contribution in [3.05, 3.63) is 0 Å². The fraction of sp³-hybridized carbons (Fsp3) is 0. The Morgan fingerprint density at radius 2 is 2.43 bits per heavy atom. The van der Waals surface area contributed by atoms with Crippen LogP contribution in [0, 0.1) is 11.3 Å². The first kappa shape index (κ1) is 5.63. The average Bonchev–Trinajstić information content (AvgIpc) is 1.68. The summed E-state index contributed by atoms with van der Waals surface area (Å²) in [4.78, 5) is 18.8. The van der Waals surface area contributed by atoms with Gasteiger partial charge < -0.3 is 4.74 Å². The number of hydrogen-bond donors (Lipinski definition) is 0. The van der Waals surface area contributed by atoms with Gasteiger partial charge in [0.1, 0.15) is 0 Å². The van der Waals surface area contributed by atoms with Gasteiger partial charge in [-0.2, -0.15) is 5.26 Å². The van der Waals surface area contributed by atoms with Gasteiger partial charge >= 0.3 is 12.4 Å². The second kappa shape index (κ2) is 2.85. The quantitative estimate of drug-likeness (QED) is 0.187. The van der Waals surface area contributed by atoms with Crippen molar-refractivity contribution in [3.8, 4) is 6.07 Å². The summed E-state index contributed by atoms with van der Waals surface area (Å²) in [5.74, 6) is -1.19. The molecule has 0 aromatic carbocycles. The minimum Gasteiger partial charge on any atom is -0.384 e. The minimum atomic E-state index is -1.19. The highest BCUT2D eigenvalue weighted by atomic mass is 16.6. The van der Waals surface area contributed by atoms with Crippen LogP contribution in [-0.2, 0) is 14.3 Å². The van der Waals surface area contributed by atoms with E-state index < -0.39 is 5.97 Å². The molecule has 0 spiro atoms. The number of nitrogens with zero attached hydrogens (tertiary/aromatic N) is 1. The van der Waals surface area contributed by atoms with E-state index in [-0.39, 0.29) is 6.47 Å². The molecule has 0 radical (unpaired) electrons. The molecule has 0 fully saturated rings. The van der Waals surface area contributed by atoms with Crippen molar-refractivity contribution in [2.75, 3.05) is 0 Å². The van der Waals surface area contributed by atoms with Crippen LogP contribution in [0.5, 0.6) is 0 Å². The van der Waals surface area contributed by atoms with Gasteiger partial charge in [0.15, 0.2) is 6.07 Å². The van der Waals surface area contributed by atoms with Crippen molar-refractivity contribution < 1.29 is 14.3 Å². The molecule has 4 nitrogen and oxygen atoms in total. The highest BCUT2D eigenvalue weighted by Gasteiger charge is 1.92. The van der Waals surface area contributed by atoms with Crippen molar-refractivity contribution in [1.29, 1.82) is 5.26 Å². The zero-order valence-corrected chi connectivity index (χ0v) is 3.25. The van der Waals surface area contributed by atoms with Crippen molar-refractivity contribution in [2.24, 2.45) is 0 Å². The van der Waals surface area contributed by atoms with E-state index in [9.17, 15) is 9.59 Å². The summed E-state index contributed by atoms with van der Waals surface area (Å²) < 4.78 is 3.51. The second-order valence-corrected chi connectivity index (χ2v) is 0.613. The third-order valence-electron chi connectivity index (χ3n) is 0.246. The molecule has 0 heterocycles. The van der Waals surface area contributed by atoms with Crippen molar-refractivity contribution in [1.82, 2.24) is 0 Å². The maximum atomic E-state index is 9.60. The first-order valence-corrected chi connectivity index (χ1v) is 1.35. The number of carbonyl (C=O) groups is 2. The van der Waals surface area contributed by atoms with Crippen LogP contribution in [0.25, 0.3) is 0 Å². The van der Waals surface area contributed by atoms with E-state index in [2.05, 4.69) is 4.74 Å². The summed E-state index contributed by atoms with van der Waals surface area (Å²) in [7, 11) is 0. The molecular formula is C3HNO3. The highest BCUT2D eigenvalue weighted by Crippen LogP contribution is 1.63. The van der Waals surface area contributed by atoms with E-state index in [0.29, 0.717) is 0 Å². The Labute approximate surface area is 39.3 Å². The molecule has 36 valence electrons. The molecule has 0 aliphatic carbocycles. The van der Waals surface area contributed by atoms with Crippen LogP contribution >= 0.6 is 0 Å². The van der Waals surface area contributed by atoms with E-state index in [1.807, 2.05) is 0 Å².